The second kappa shape index (κ2) is 4.23. The molecule has 1 aliphatic rings. The third kappa shape index (κ3) is 1.57. The Balaban J connectivity index is 2.29. The molecule has 0 radical (unpaired) electrons. The topological polar surface area (TPSA) is 26.3 Å². The molecule has 0 fully saturated rings. The first-order valence-electron chi connectivity index (χ1n) is 5.68. The van der Waals surface area contributed by atoms with E-state index >= 15 is 0 Å². The maximum Gasteiger partial charge on any atom is 0.193 e. The van der Waals surface area contributed by atoms with Crippen LogP contribution >= 0.6 is 11.6 Å². The maximum atomic E-state index is 12.4. The molecule has 0 saturated carbocycles. The first-order chi connectivity index (χ1) is 8.72. The van der Waals surface area contributed by atoms with Crippen molar-refractivity contribution in [2.45, 2.75) is 6.10 Å². The first kappa shape index (κ1) is 11.5. The summed E-state index contributed by atoms with van der Waals surface area (Å²) >= 11 is 6.01. The SMILES string of the molecule is COC1c2ccccc2C(=O)c2ccc(Cl)cc21. The molecule has 2 aromatic rings. The van der Waals surface area contributed by atoms with E-state index in [1.54, 1.807) is 25.3 Å². The Morgan fingerprint density at radius 3 is 2.56 bits per heavy atom. The second-order valence-electron chi connectivity index (χ2n) is 4.26. The van der Waals surface area contributed by atoms with Crippen molar-refractivity contribution >= 4 is 17.4 Å². The third-order valence-electron chi connectivity index (χ3n) is 3.26. The average molecular weight is 259 g/mol. The molecule has 1 aliphatic carbocycles. The van der Waals surface area contributed by atoms with Crippen molar-refractivity contribution in [1.82, 2.24) is 0 Å². The number of ketones is 1. The zero-order chi connectivity index (χ0) is 12.7. The summed E-state index contributed by atoms with van der Waals surface area (Å²) in [7, 11) is 1.64. The highest BCUT2D eigenvalue weighted by Crippen LogP contribution is 2.37. The molecule has 0 saturated heterocycles. The van der Waals surface area contributed by atoms with Crippen LogP contribution in [0.5, 0.6) is 0 Å². The van der Waals surface area contributed by atoms with Crippen LogP contribution in [0.2, 0.25) is 5.02 Å². The number of carbonyl (C=O) groups is 1. The van der Waals surface area contributed by atoms with E-state index in [0.717, 1.165) is 11.1 Å². The van der Waals surface area contributed by atoms with Crippen molar-refractivity contribution in [3.05, 3.63) is 69.7 Å². The van der Waals surface area contributed by atoms with Crippen LogP contribution in [0.15, 0.2) is 42.5 Å². The number of rotatable bonds is 1. The molecule has 0 bridgehead atoms. The van der Waals surface area contributed by atoms with Crippen molar-refractivity contribution < 1.29 is 9.53 Å². The summed E-state index contributed by atoms with van der Waals surface area (Å²) in [5.41, 5.74) is 3.12. The Hall–Kier alpha value is -1.64. The smallest absolute Gasteiger partial charge is 0.193 e. The molecule has 0 spiro atoms. The van der Waals surface area contributed by atoms with Gasteiger partial charge < -0.3 is 4.74 Å². The molecular formula is C15H11ClO2. The predicted molar refractivity (Wildman–Crippen MR) is 70.2 cm³/mol. The fourth-order valence-corrected chi connectivity index (χ4v) is 2.64. The van der Waals surface area contributed by atoms with Crippen LogP contribution in [-0.2, 0) is 4.74 Å². The summed E-state index contributed by atoms with van der Waals surface area (Å²) in [6, 6.07) is 12.8. The van der Waals surface area contributed by atoms with Crippen molar-refractivity contribution in [2.75, 3.05) is 7.11 Å². The number of carbonyl (C=O) groups excluding carboxylic acids is 1. The van der Waals surface area contributed by atoms with Gasteiger partial charge >= 0.3 is 0 Å². The van der Waals surface area contributed by atoms with E-state index in [1.165, 1.54) is 0 Å². The van der Waals surface area contributed by atoms with E-state index in [2.05, 4.69) is 0 Å². The molecule has 0 heterocycles. The van der Waals surface area contributed by atoms with Gasteiger partial charge in [0.15, 0.2) is 5.78 Å². The van der Waals surface area contributed by atoms with Crippen LogP contribution in [0.1, 0.15) is 33.2 Å². The Bertz CT molecular complexity index is 634. The molecule has 0 aromatic heterocycles. The molecule has 0 amide bonds. The number of benzene rings is 2. The van der Waals surface area contributed by atoms with Gasteiger partial charge in [-0.2, -0.15) is 0 Å². The van der Waals surface area contributed by atoms with Crippen LogP contribution in [-0.4, -0.2) is 12.9 Å². The average Bonchev–Trinajstić information content (AvgIpc) is 2.39. The lowest BCUT2D eigenvalue weighted by Gasteiger charge is -2.26. The minimum absolute atomic E-state index is 0.0329. The maximum absolute atomic E-state index is 12.4. The second-order valence-corrected chi connectivity index (χ2v) is 4.70. The van der Waals surface area contributed by atoms with Crippen molar-refractivity contribution in [3.63, 3.8) is 0 Å². The Morgan fingerprint density at radius 2 is 1.78 bits per heavy atom. The van der Waals surface area contributed by atoms with E-state index in [4.69, 9.17) is 16.3 Å². The van der Waals surface area contributed by atoms with Gasteiger partial charge in [-0.25, -0.2) is 0 Å². The quantitative estimate of drug-likeness (QED) is 0.781. The molecule has 2 aromatic carbocycles. The third-order valence-corrected chi connectivity index (χ3v) is 3.50. The fraction of sp³-hybridized carbons (Fsp3) is 0.133. The molecule has 3 rings (SSSR count). The number of hydrogen-bond donors (Lipinski definition) is 0. The fourth-order valence-electron chi connectivity index (χ4n) is 2.46. The van der Waals surface area contributed by atoms with Gasteiger partial charge in [-0.15, -0.1) is 0 Å². The van der Waals surface area contributed by atoms with Gasteiger partial charge in [-0.1, -0.05) is 35.9 Å². The van der Waals surface area contributed by atoms with Crippen molar-refractivity contribution in [1.29, 1.82) is 0 Å². The molecule has 0 aliphatic heterocycles. The van der Waals surface area contributed by atoms with Crippen molar-refractivity contribution in [3.8, 4) is 0 Å². The Labute approximate surface area is 110 Å². The van der Waals surface area contributed by atoms with Crippen LogP contribution in [0.3, 0.4) is 0 Å². The monoisotopic (exact) mass is 258 g/mol. The lowest BCUT2D eigenvalue weighted by molar-refractivity contribution is 0.0986. The van der Waals surface area contributed by atoms with Gasteiger partial charge in [0.1, 0.15) is 6.10 Å². The van der Waals surface area contributed by atoms with Crippen LogP contribution in [0.4, 0.5) is 0 Å². The van der Waals surface area contributed by atoms with Gasteiger partial charge in [-0.3, -0.25) is 4.79 Å². The molecule has 1 unspecified atom stereocenters. The highest BCUT2D eigenvalue weighted by Gasteiger charge is 2.30. The highest BCUT2D eigenvalue weighted by molar-refractivity contribution is 6.31. The van der Waals surface area contributed by atoms with Gasteiger partial charge in [0, 0.05) is 23.3 Å². The summed E-state index contributed by atoms with van der Waals surface area (Å²) in [5.74, 6) is 0.0329. The summed E-state index contributed by atoms with van der Waals surface area (Å²) < 4.78 is 5.54. The standard InChI is InChI=1S/C15H11ClO2/c1-18-15-12-5-3-2-4-10(12)14(17)11-7-6-9(16)8-13(11)15/h2-8,15H,1H3. The molecule has 90 valence electrons. The van der Waals surface area contributed by atoms with Crippen LogP contribution in [0, 0.1) is 0 Å². The normalized spacial score (nSPS) is 17.2. The summed E-state index contributed by atoms with van der Waals surface area (Å²) in [6.45, 7) is 0. The summed E-state index contributed by atoms with van der Waals surface area (Å²) in [6.07, 6.45) is -0.229. The number of ether oxygens (including phenoxy) is 1. The van der Waals surface area contributed by atoms with E-state index in [0.29, 0.717) is 16.1 Å². The molecule has 1 atom stereocenters. The minimum Gasteiger partial charge on any atom is -0.372 e. The highest BCUT2D eigenvalue weighted by atomic mass is 35.5. The summed E-state index contributed by atoms with van der Waals surface area (Å²) in [4.78, 5) is 12.4. The molecule has 18 heavy (non-hydrogen) atoms. The van der Waals surface area contributed by atoms with E-state index in [9.17, 15) is 4.79 Å². The zero-order valence-electron chi connectivity index (χ0n) is 9.81. The van der Waals surface area contributed by atoms with Crippen LogP contribution < -0.4 is 0 Å². The number of fused-ring (bicyclic) bond motifs is 2. The first-order valence-corrected chi connectivity index (χ1v) is 6.06. The van der Waals surface area contributed by atoms with Crippen LogP contribution in [0.25, 0.3) is 0 Å². The molecular weight excluding hydrogens is 248 g/mol. The molecule has 0 N–H and O–H groups in total. The van der Waals surface area contributed by atoms with E-state index in [1.807, 2.05) is 24.3 Å². The largest absolute Gasteiger partial charge is 0.372 e. The van der Waals surface area contributed by atoms with Crippen molar-refractivity contribution in [2.24, 2.45) is 0 Å². The number of hydrogen-bond acceptors (Lipinski definition) is 2. The molecule has 3 heteroatoms. The minimum atomic E-state index is -0.229. The lowest BCUT2D eigenvalue weighted by Crippen LogP contribution is -2.20. The van der Waals surface area contributed by atoms with Gasteiger partial charge in [0.05, 0.1) is 0 Å². The predicted octanol–water partition coefficient (Wildman–Crippen LogP) is 3.62. The van der Waals surface area contributed by atoms with E-state index < -0.39 is 0 Å². The molecule has 2 nitrogen and oxygen atoms in total. The zero-order valence-corrected chi connectivity index (χ0v) is 10.6. The summed E-state index contributed by atoms with van der Waals surface area (Å²) in [5, 5.41) is 0.614. The Kier molecular flexibility index (Phi) is 2.69. The lowest BCUT2D eigenvalue weighted by atomic mass is 9.83. The van der Waals surface area contributed by atoms with Gasteiger partial charge in [0.25, 0.3) is 0 Å². The van der Waals surface area contributed by atoms with E-state index in [-0.39, 0.29) is 11.9 Å². The number of methoxy groups -OCH3 is 1. The van der Waals surface area contributed by atoms with Gasteiger partial charge in [-0.05, 0) is 29.3 Å². The van der Waals surface area contributed by atoms with Gasteiger partial charge in [0.2, 0.25) is 0 Å². The Morgan fingerprint density at radius 1 is 1.06 bits per heavy atom. The number of halogens is 1.